The monoisotopic (exact) mass is 665 g/mol. The Kier molecular flexibility index (Phi) is 6.11. The summed E-state index contributed by atoms with van der Waals surface area (Å²) in [6.45, 7) is 4.63. The van der Waals surface area contributed by atoms with Gasteiger partial charge in [0.1, 0.15) is 0 Å². The zero-order valence-corrected chi connectivity index (χ0v) is 23.7. The van der Waals surface area contributed by atoms with Gasteiger partial charge in [-0.25, -0.2) is 0 Å². The maximum Gasteiger partial charge on any atom is 0.0602 e. The van der Waals surface area contributed by atoms with Gasteiger partial charge in [-0.15, -0.1) is 29.3 Å². The molecule has 0 bridgehead atoms. The quantitative estimate of drug-likeness (QED) is 0.172. The third-order valence-corrected chi connectivity index (χ3v) is 7.79. The first-order chi connectivity index (χ1) is 18.1. The minimum absolute atomic E-state index is 0. The van der Waals surface area contributed by atoms with Crippen molar-refractivity contribution in [2.45, 2.75) is 19.3 Å². The van der Waals surface area contributed by atoms with E-state index in [-0.39, 0.29) is 25.5 Å². The zero-order chi connectivity index (χ0) is 25.0. The standard InChI is InChI=1S/C36H26N.Ir/c1-36(2)32-16-10-9-15-28(32)29-19-17-27(22-33(29)36)35-23-30(25-13-7-4-8-14-25)31-21-26(18-20-34(31)37-35)24-11-5-3-6-12-24;/h3-16,18-23H,1-2H3;/q-1;. The van der Waals surface area contributed by atoms with E-state index in [1.165, 1.54) is 44.5 Å². The molecule has 0 atom stereocenters. The van der Waals surface area contributed by atoms with Crippen molar-refractivity contribution in [1.29, 1.82) is 0 Å². The Morgan fingerprint density at radius 2 is 1.26 bits per heavy atom. The Bertz CT molecular complexity index is 1790. The van der Waals surface area contributed by atoms with E-state index in [0.29, 0.717) is 0 Å². The van der Waals surface area contributed by atoms with Crippen molar-refractivity contribution in [1.82, 2.24) is 4.98 Å². The van der Waals surface area contributed by atoms with Crippen LogP contribution in [0.3, 0.4) is 0 Å². The number of nitrogens with zero attached hydrogens (tertiary/aromatic N) is 1. The third kappa shape index (κ3) is 3.93. The van der Waals surface area contributed by atoms with Crippen LogP contribution in [0.15, 0.2) is 121 Å². The Hall–Kier alpha value is -3.84. The largest absolute Gasteiger partial charge is 0.296 e. The smallest absolute Gasteiger partial charge is 0.0602 e. The van der Waals surface area contributed by atoms with Gasteiger partial charge in [-0.3, -0.25) is 4.98 Å². The first-order valence-corrected chi connectivity index (χ1v) is 12.8. The number of rotatable bonds is 3. The van der Waals surface area contributed by atoms with Gasteiger partial charge in [-0.1, -0.05) is 122 Å². The predicted octanol–water partition coefficient (Wildman–Crippen LogP) is 9.34. The number of fused-ring (bicyclic) bond motifs is 4. The van der Waals surface area contributed by atoms with Crippen molar-refractivity contribution >= 4 is 10.9 Å². The second kappa shape index (κ2) is 9.48. The summed E-state index contributed by atoms with van der Waals surface area (Å²) in [6.07, 6.45) is 0. The number of benzene rings is 5. The third-order valence-electron chi connectivity index (χ3n) is 7.79. The summed E-state index contributed by atoms with van der Waals surface area (Å²) in [5, 5.41) is 1.16. The molecule has 0 amide bonds. The average Bonchev–Trinajstić information content (AvgIpc) is 3.19. The van der Waals surface area contributed by atoms with Crippen molar-refractivity contribution in [3.05, 3.63) is 139 Å². The van der Waals surface area contributed by atoms with E-state index in [9.17, 15) is 0 Å². The van der Waals surface area contributed by atoms with E-state index in [4.69, 9.17) is 4.98 Å². The molecule has 185 valence electrons. The molecule has 0 fully saturated rings. The molecule has 0 saturated carbocycles. The molecule has 7 rings (SSSR count). The van der Waals surface area contributed by atoms with Crippen molar-refractivity contribution in [3.63, 3.8) is 0 Å². The molecule has 2 heteroatoms. The molecule has 0 saturated heterocycles. The summed E-state index contributed by atoms with van der Waals surface area (Å²) in [7, 11) is 0. The molecule has 1 aliphatic rings. The summed E-state index contributed by atoms with van der Waals surface area (Å²) in [6, 6.07) is 46.8. The van der Waals surface area contributed by atoms with Crippen molar-refractivity contribution < 1.29 is 20.1 Å². The van der Waals surface area contributed by atoms with E-state index < -0.39 is 0 Å². The molecule has 0 N–H and O–H groups in total. The molecule has 38 heavy (non-hydrogen) atoms. The summed E-state index contributed by atoms with van der Waals surface area (Å²) in [4.78, 5) is 5.16. The molecule has 0 unspecified atom stereocenters. The van der Waals surface area contributed by atoms with Crippen LogP contribution in [0, 0.1) is 6.07 Å². The van der Waals surface area contributed by atoms with Gasteiger partial charge in [0, 0.05) is 25.5 Å². The fraction of sp³-hybridized carbons (Fsp3) is 0.0833. The van der Waals surface area contributed by atoms with Gasteiger partial charge in [-0.05, 0) is 51.1 Å². The maximum atomic E-state index is 5.16. The minimum atomic E-state index is -0.0561. The summed E-state index contributed by atoms with van der Waals surface area (Å²) in [5.74, 6) is 0. The molecule has 0 aliphatic heterocycles. The van der Waals surface area contributed by atoms with Crippen LogP contribution in [0.1, 0.15) is 25.0 Å². The molecule has 1 aliphatic carbocycles. The van der Waals surface area contributed by atoms with Crippen LogP contribution in [-0.4, -0.2) is 4.98 Å². The van der Waals surface area contributed by atoms with Gasteiger partial charge in [0.05, 0.1) is 5.52 Å². The van der Waals surface area contributed by atoms with Crippen molar-refractivity contribution in [3.8, 4) is 44.6 Å². The predicted molar refractivity (Wildman–Crippen MR) is 154 cm³/mol. The normalized spacial score (nSPS) is 13.0. The number of hydrogen-bond acceptors (Lipinski definition) is 1. The molecule has 6 aromatic rings. The van der Waals surface area contributed by atoms with E-state index in [0.717, 1.165) is 22.2 Å². The van der Waals surface area contributed by atoms with Crippen molar-refractivity contribution in [2.24, 2.45) is 0 Å². The van der Waals surface area contributed by atoms with Gasteiger partial charge >= 0.3 is 0 Å². The van der Waals surface area contributed by atoms with E-state index in [2.05, 4.69) is 141 Å². The Morgan fingerprint density at radius 1 is 0.579 bits per heavy atom. The summed E-state index contributed by atoms with van der Waals surface area (Å²) < 4.78 is 0. The number of aromatic nitrogens is 1. The molecule has 1 radical (unpaired) electrons. The van der Waals surface area contributed by atoms with Crippen LogP contribution in [0.5, 0.6) is 0 Å². The van der Waals surface area contributed by atoms with Crippen LogP contribution >= 0.6 is 0 Å². The molecular formula is C36H26IrN-. The van der Waals surface area contributed by atoms with E-state index in [1.807, 2.05) is 0 Å². The van der Waals surface area contributed by atoms with Gasteiger partial charge in [0.2, 0.25) is 0 Å². The molecular weight excluding hydrogens is 639 g/mol. The number of hydrogen-bond donors (Lipinski definition) is 0. The molecule has 5 aromatic carbocycles. The Balaban J connectivity index is 0.00000264. The van der Waals surface area contributed by atoms with Gasteiger partial charge < -0.3 is 0 Å². The van der Waals surface area contributed by atoms with Crippen LogP contribution in [0.25, 0.3) is 55.5 Å². The molecule has 1 aromatic heterocycles. The van der Waals surface area contributed by atoms with Crippen LogP contribution < -0.4 is 0 Å². The SMILES string of the molecule is CC1(C)c2ccccc2-c2c[c-]c(-c3cc(-c4ccccc4)c4cc(-c5ccccc5)ccc4n3)cc21.[Ir]. The maximum absolute atomic E-state index is 5.16. The fourth-order valence-corrected chi connectivity index (χ4v) is 5.82. The molecule has 1 nitrogen and oxygen atoms in total. The molecule has 1 heterocycles. The minimum Gasteiger partial charge on any atom is -0.296 e. The zero-order valence-electron chi connectivity index (χ0n) is 21.3. The van der Waals surface area contributed by atoms with Crippen LogP contribution in [0.2, 0.25) is 0 Å². The van der Waals surface area contributed by atoms with E-state index in [1.54, 1.807) is 0 Å². The van der Waals surface area contributed by atoms with Gasteiger partial charge in [0.15, 0.2) is 0 Å². The van der Waals surface area contributed by atoms with Crippen molar-refractivity contribution in [2.75, 3.05) is 0 Å². The second-order valence-electron chi connectivity index (χ2n) is 10.4. The van der Waals surface area contributed by atoms with Gasteiger partial charge in [-0.2, -0.15) is 0 Å². The van der Waals surface area contributed by atoms with Crippen LogP contribution in [0.4, 0.5) is 0 Å². The first-order valence-electron chi connectivity index (χ1n) is 12.8. The number of pyridine rings is 1. The summed E-state index contributed by atoms with van der Waals surface area (Å²) in [5.41, 5.74) is 13.0. The Labute approximate surface area is 237 Å². The van der Waals surface area contributed by atoms with Gasteiger partial charge in [0.25, 0.3) is 0 Å². The first kappa shape index (κ1) is 24.5. The fourth-order valence-electron chi connectivity index (χ4n) is 5.82. The summed E-state index contributed by atoms with van der Waals surface area (Å²) >= 11 is 0. The Morgan fingerprint density at radius 3 is 2.03 bits per heavy atom. The van der Waals surface area contributed by atoms with E-state index >= 15 is 0 Å². The second-order valence-corrected chi connectivity index (χ2v) is 10.4. The topological polar surface area (TPSA) is 12.9 Å². The average molecular weight is 665 g/mol. The molecule has 0 spiro atoms. The van der Waals surface area contributed by atoms with Crippen LogP contribution in [-0.2, 0) is 25.5 Å².